The van der Waals surface area contributed by atoms with Gasteiger partial charge in [0.15, 0.2) is 0 Å². The summed E-state index contributed by atoms with van der Waals surface area (Å²) >= 11 is 1.72. The number of hydrazone groups is 1. The molecule has 0 fully saturated rings. The molecule has 0 saturated carbocycles. The fraction of sp³-hybridized carbons (Fsp3) is 0.348. The Bertz CT molecular complexity index is 904. The van der Waals surface area contributed by atoms with Crippen LogP contribution in [0.1, 0.15) is 58.2 Å². The maximum Gasteiger partial charge on any atom is 0.110 e. The van der Waals surface area contributed by atoms with Gasteiger partial charge < -0.3 is 0 Å². The summed E-state index contributed by atoms with van der Waals surface area (Å²) in [4.78, 5) is 0. The van der Waals surface area contributed by atoms with Gasteiger partial charge in [-0.25, -0.2) is 0 Å². The monoisotopic (exact) mass is 364 g/mol. The molecule has 0 aliphatic heterocycles. The molecule has 0 radical (unpaired) electrons. The Morgan fingerprint density at radius 3 is 2.27 bits per heavy atom. The summed E-state index contributed by atoms with van der Waals surface area (Å²) in [7, 11) is 0. The molecule has 0 saturated heterocycles. The van der Waals surface area contributed by atoms with Gasteiger partial charge in [0.25, 0.3) is 0 Å². The first-order chi connectivity index (χ1) is 12.1. The van der Waals surface area contributed by atoms with Gasteiger partial charge in [-0.3, -0.25) is 5.43 Å². The van der Waals surface area contributed by atoms with Gasteiger partial charge in [0.2, 0.25) is 0 Å². The largest absolute Gasteiger partial charge is 0.269 e. The molecular formula is C23H28N2S. The molecule has 0 unspecified atom stereocenters. The molecule has 0 aliphatic rings. The van der Waals surface area contributed by atoms with Crippen LogP contribution in [0.3, 0.4) is 0 Å². The Morgan fingerprint density at radius 2 is 1.62 bits per heavy atom. The van der Waals surface area contributed by atoms with Crippen molar-refractivity contribution in [2.24, 2.45) is 5.10 Å². The lowest BCUT2D eigenvalue weighted by Gasteiger charge is -2.25. The van der Waals surface area contributed by atoms with Crippen LogP contribution in [0.5, 0.6) is 0 Å². The highest BCUT2D eigenvalue weighted by atomic mass is 32.1. The smallest absolute Gasteiger partial charge is 0.110 e. The second-order valence-corrected chi connectivity index (χ2v) is 9.90. The number of fused-ring (bicyclic) bond motifs is 1. The van der Waals surface area contributed by atoms with E-state index in [0.29, 0.717) is 0 Å². The summed E-state index contributed by atoms with van der Waals surface area (Å²) in [5.74, 6) is 0. The molecular weight excluding hydrogens is 336 g/mol. The Balaban J connectivity index is 1.90. The predicted molar refractivity (Wildman–Crippen MR) is 117 cm³/mol. The third kappa shape index (κ3) is 4.16. The molecule has 0 spiro atoms. The average Bonchev–Trinajstić information content (AvgIpc) is 2.95. The zero-order chi connectivity index (χ0) is 18.9. The second-order valence-electron chi connectivity index (χ2n) is 8.82. The highest BCUT2D eigenvalue weighted by molar-refractivity contribution is 7.22. The molecule has 2 nitrogen and oxygen atoms in total. The van der Waals surface area contributed by atoms with Crippen LogP contribution < -0.4 is 5.43 Å². The van der Waals surface area contributed by atoms with E-state index in [9.17, 15) is 0 Å². The van der Waals surface area contributed by atoms with Crippen molar-refractivity contribution in [1.29, 1.82) is 0 Å². The van der Waals surface area contributed by atoms with Crippen LogP contribution in [0.4, 0.5) is 5.00 Å². The Morgan fingerprint density at radius 1 is 0.885 bits per heavy atom. The van der Waals surface area contributed by atoms with Gasteiger partial charge in [-0.15, -0.1) is 11.3 Å². The van der Waals surface area contributed by atoms with Gasteiger partial charge in [0.1, 0.15) is 5.00 Å². The fourth-order valence-electron chi connectivity index (χ4n) is 3.02. The molecule has 26 heavy (non-hydrogen) atoms. The summed E-state index contributed by atoms with van der Waals surface area (Å²) in [5, 5.41) is 6.85. The van der Waals surface area contributed by atoms with E-state index in [1.54, 1.807) is 11.3 Å². The molecule has 136 valence electrons. The number of hydrogen-bond donors (Lipinski definition) is 1. The molecule has 3 aromatic rings. The number of thiophene rings is 1. The molecule has 1 heterocycles. The second kappa shape index (κ2) is 6.88. The Labute approximate surface area is 161 Å². The summed E-state index contributed by atoms with van der Waals surface area (Å²) in [6.45, 7) is 13.5. The Kier molecular flexibility index (Phi) is 4.94. The standard InChI is InChI=1S/C23H28N2S/c1-22(2,3)18-11-12-19(23(4,5)6)17(13-18)15-24-25-21-14-16-9-7-8-10-20(16)26-21/h7-15,25H,1-6H3/b24-15+. The van der Waals surface area contributed by atoms with Crippen LogP contribution in [-0.2, 0) is 10.8 Å². The summed E-state index contributed by atoms with van der Waals surface area (Å²) in [6.07, 6.45) is 1.96. The van der Waals surface area contributed by atoms with E-state index in [4.69, 9.17) is 0 Å². The molecule has 1 N–H and O–H groups in total. The van der Waals surface area contributed by atoms with Crippen LogP contribution in [0, 0.1) is 0 Å². The molecule has 3 rings (SSSR count). The number of anilines is 1. The topological polar surface area (TPSA) is 24.4 Å². The van der Waals surface area contributed by atoms with Gasteiger partial charge in [-0.2, -0.15) is 5.10 Å². The number of rotatable bonds is 3. The maximum absolute atomic E-state index is 4.54. The SMILES string of the molecule is CC(C)(C)c1ccc(C(C)(C)C)c(/C=N/Nc2cc3ccccc3s2)c1. The Hall–Kier alpha value is -2.13. The summed E-state index contributed by atoms with van der Waals surface area (Å²) in [6, 6.07) is 17.3. The van der Waals surface area contributed by atoms with E-state index in [0.717, 1.165) is 5.00 Å². The van der Waals surface area contributed by atoms with Gasteiger partial charge in [-0.1, -0.05) is 71.9 Å². The number of benzene rings is 2. The highest BCUT2D eigenvalue weighted by Gasteiger charge is 2.20. The molecule has 0 amide bonds. The van der Waals surface area contributed by atoms with Crippen molar-refractivity contribution in [3.63, 3.8) is 0 Å². The summed E-state index contributed by atoms with van der Waals surface area (Å²) in [5.41, 5.74) is 7.23. The van der Waals surface area contributed by atoms with Crippen LogP contribution in [-0.4, -0.2) is 6.21 Å². The van der Waals surface area contributed by atoms with Crippen molar-refractivity contribution in [1.82, 2.24) is 0 Å². The summed E-state index contributed by atoms with van der Waals surface area (Å²) < 4.78 is 1.27. The van der Waals surface area contributed by atoms with Crippen molar-refractivity contribution >= 4 is 32.6 Å². The molecule has 2 aromatic carbocycles. The van der Waals surface area contributed by atoms with Crippen molar-refractivity contribution in [2.75, 3.05) is 5.43 Å². The lowest BCUT2D eigenvalue weighted by atomic mass is 9.79. The number of nitrogens with zero attached hydrogens (tertiary/aromatic N) is 1. The zero-order valence-corrected chi connectivity index (χ0v) is 17.4. The molecule has 1 aromatic heterocycles. The van der Waals surface area contributed by atoms with Gasteiger partial charge >= 0.3 is 0 Å². The van der Waals surface area contributed by atoms with Crippen molar-refractivity contribution in [2.45, 2.75) is 52.4 Å². The van der Waals surface area contributed by atoms with E-state index in [1.165, 1.54) is 26.8 Å². The first kappa shape index (κ1) is 18.7. The highest BCUT2D eigenvalue weighted by Crippen LogP contribution is 2.31. The fourth-order valence-corrected chi connectivity index (χ4v) is 3.93. The zero-order valence-electron chi connectivity index (χ0n) is 16.6. The third-order valence-electron chi connectivity index (χ3n) is 4.53. The molecule has 0 aliphatic carbocycles. The molecule has 0 bridgehead atoms. The molecule has 3 heteroatoms. The average molecular weight is 365 g/mol. The van der Waals surface area contributed by atoms with Crippen molar-refractivity contribution in [3.05, 3.63) is 65.2 Å². The third-order valence-corrected chi connectivity index (χ3v) is 5.55. The lowest BCUT2D eigenvalue weighted by Crippen LogP contribution is -2.17. The van der Waals surface area contributed by atoms with Gasteiger partial charge in [0.05, 0.1) is 6.21 Å². The minimum Gasteiger partial charge on any atom is -0.269 e. The van der Waals surface area contributed by atoms with E-state index in [1.807, 2.05) is 6.21 Å². The van der Waals surface area contributed by atoms with E-state index in [-0.39, 0.29) is 10.8 Å². The normalized spacial score (nSPS) is 12.8. The minimum atomic E-state index is 0.0787. The van der Waals surface area contributed by atoms with Gasteiger partial charge in [0, 0.05) is 4.70 Å². The minimum absolute atomic E-state index is 0.0787. The number of hydrogen-bond acceptors (Lipinski definition) is 3. The van der Waals surface area contributed by atoms with Crippen LogP contribution in [0.2, 0.25) is 0 Å². The lowest BCUT2D eigenvalue weighted by molar-refractivity contribution is 0.576. The van der Waals surface area contributed by atoms with Gasteiger partial charge in [-0.05, 0) is 51.1 Å². The van der Waals surface area contributed by atoms with Crippen molar-refractivity contribution in [3.8, 4) is 0 Å². The van der Waals surface area contributed by atoms with E-state index < -0.39 is 0 Å². The first-order valence-corrected chi connectivity index (χ1v) is 9.89. The quantitative estimate of drug-likeness (QED) is 0.395. The van der Waals surface area contributed by atoms with Crippen LogP contribution in [0.15, 0.2) is 53.6 Å². The van der Waals surface area contributed by atoms with Crippen LogP contribution >= 0.6 is 11.3 Å². The molecule has 0 atom stereocenters. The van der Waals surface area contributed by atoms with Crippen LogP contribution in [0.25, 0.3) is 10.1 Å². The van der Waals surface area contributed by atoms with Crippen molar-refractivity contribution < 1.29 is 0 Å². The number of nitrogens with one attached hydrogen (secondary N) is 1. The van der Waals surface area contributed by atoms with E-state index >= 15 is 0 Å². The van der Waals surface area contributed by atoms with E-state index in [2.05, 4.69) is 101 Å². The maximum atomic E-state index is 4.54. The predicted octanol–water partition coefficient (Wildman–Crippen LogP) is 6.94. The first-order valence-electron chi connectivity index (χ1n) is 9.07.